The summed E-state index contributed by atoms with van der Waals surface area (Å²) in [5.41, 5.74) is 0.888. The minimum absolute atomic E-state index is 0.00706. The van der Waals surface area contributed by atoms with Crippen molar-refractivity contribution in [2.45, 2.75) is 12.5 Å². The van der Waals surface area contributed by atoms with Crippen molar-refractivity contribution in [1.29, 1.82) is 5.26 Å². The van der Waals surface area contributed by atoms with Crippen molar-refractivity contribution in [3.05, 3.63) is 28.7 Å². The monoisotopic (exact) mass is 307 g/mol. The number of amides is 1. The highest BCUT2D eigenvalue weighted by Crippen LogP contribution is 2.22. The van der Waals surface area contributed by atoms with Crippen LogP contribution in [0.4, 0.5) is 5.69 Å². The first-order chi connectivity index (χ1) is 8.63. The molecule has 1 amide bonds. The number of carbonyl (C=O) groups is 1. The van der Waals surface area contributed by atoms with E-state index in [0.29, 0.717) is 6.54 Å². The van der Waals surface area contributed by atoms with Crippen molar-refractivity contribution in [2.24, 2.45) is 0 Å². The maximum Gasteiger partial charge on any atom is 0.245 e. The van der Waals surface area contributed by atoms with Gasteiger partial charge in [0.2, 0.25) is 5.91 Å². The molecular weight excluding hydrogens is 294 g/mol. The normalized spacial score (nSPS) is 20.8. The Morgan fingerprint density at radius 3 is 2.67 bits per heavy atom. The predicted molar refractivity (Wildman–Crippen MR) is 73.1 cm³/mol. The highest BCUT2D eigenvalue weighted by atomic mass is 79.9. The van der Waals surface area contributed by atoms with E-state index in [-0.39, 0.29) is 18.4 Å². The number of hydrogen-bond donors (Lipinski definition) is 0. The van der Waals surface area contributed by atoms with Crippen LogP contribution in [0.5, 0.6) is 0 Å². The van der Waals surface area contributed by atoms with E-state index >= 15 is 0 Å². The maximum absolute atomic E-state index is 12.3. The summed E-state index contributed by atoms with van der Waals surface area (Å²) < 4.78 is 0.987. The average molecular weight is 308 g/mol. The van der Waals surface area contributed by atoms with Crippen LogP contribution in [0.1, 0.15) is 6.42 Å². The largest absolute Gasteiger partial charge is 0.310 e. The van der Waals surface area contributed by atoms with Crippen molar-refractivity contribution in [1.82, 2.24) is 4.90 Å². The predicted octanol–water partition coefficient (Wildman–Crippen LogP) is 2.01. The van der Waals surface area contributed by atoms with Gasteiger partial charge in [-0.3, -0.25) is 9.69 Å². The SMILES string of the molecule is CN1CCN(c2ccc(Br)cc2)C(=O)C1CC#N. The highest BCUT2D eigenvalue weighted by Gasteiger charge is 2.33. The molecule has 2 rings (SSSR count). The van der Waals surface area contributed by atoms with Crippen LogP contribution in [-0.4, -0.2) is 37.0 Å². The molecule has 0 aromatic heterocycles. The Hall–Kier alpha value is -1.38. The second-order valence-corrected chi connectivity index (χ2v) is 5.24. The van der Waals surface area contributed by atoms with E-state index in [4.69, 9.17) is 5.26 Å². The molecule has 1 unspecified atom stereocenters. The van der Waals surface area contributed by atoms with Crippen molar-refractivity contribution in [3.63, 3.8) is 0 Å². The molecule has 0 N–H and O–H groups in total. The van der Waals surface area contributed by atoms with Crippen molar-refractivity contribution >= 4 is 27.5 Å². The second kappa shape index (κ2) is 5.51. The number of anilines is 1. The molecule has 0 radical (unpaired) electrons. The molecule has 0 bridgehead atoms. The molecular formula is C13H14BrN3O. The lowest BCUT2D eigenvalue weighted by atomic mass is 10.1. The lowest BCUT2D eigenvalue weighted by molar-refractivity contribution is -0.125. The topological polar surface area (TPSA) is 47.3 Å². The van der Waals surface area contributed by atoms with Crippen LogP contribution in [0.15, 0.2) is 28.7 Å². The Labute approximate surface area is 115 Å². The lowest BCUT2D eigenvalue weighted by Gasteiger charge is -2.37. The highest BCUT2D eigenvalue weighted by molar-refractivity contribution is 9.10. The van der Waals surface area contributed by atoms with Crippen LogP contribution in [-0.2, 0) is 4.79 Å². The Bertz CT molecular complexity index is 480. The number of rotatable bonds is 2. The molecule has 4 nitrogen and oxygen atoms in total. The fourth-order valence-corrected chi connectivity index (χ4v) is 2.36. The van der Waals surface area contributed by atoms with Crippen LogP contribution in [0.25, 0.3) is 0 Å². The quantitative estimate of drug-likeness (QED) is 0.839. The number of benzene rings is 1. The fourth-order valence-electron chi connectivity index (χ4n) is 2.10. The van der Waals surface area contributed by atoms with Crippen LogP contribution < -0.4 is 4.90 Å². The van der Waals surface area contributed by atoms with Crippen molar-refractivity contribution < 1.29 is 4.79 Å². The number of nitrogens with zero attached hydrogens (tertiary/aromatic N) is 3. The summed E-state index contributed by atoms with van der Waals surface area (Å²) in [5.74, 6) is 0.00706. The van der Waals surface area contributed by atoms with Gasteiger partial charge in [0.1, 0.15) is 6.04 Å². The zero-order valence-corrected chi connectivity index (χ0v) is 11.7. The third kappa shape index (κ3) is 2.55. The van der Waals surface area contributed by atoms with E-state index in [1.54, 1.807) is 4.90 Å². The third-order valence-electron chi connectivity index (χ3n) is 3.18. The summed E-state index contributed by atoms with van der Waals surface area (Å²) in [6.45, 7) is 1.45. The smallest absolute Gasteiger partial charge is 0.245 e. The minimum Gasteiger partial charge on any atom is -0.310 e. The Balaban J connectivity index is 2.22. The van der Waals surface area contributed by atoms with Crippen molar-refractivity contribution in [2.75, 3.05) is 25.0 Å². The van der Waals surface area contributed by atoms with E-state index in [1.807, 2.05) is 36.2 Å². The first kappa shape index (κ1) is 13.1. The van der Waals surface area contributed by atoms with Gasteiger partial charge in [-0.05, 0) is 31.3 Å². The third-order valence-corrected chi connectivity index (χ3v) is 3.71. The number of halogens is 1. The van der Waals surface area contributed by atoms with Crippen LogP contribution in [0.2, 0.25) is 0 Å². The van der Waals surface area contributed by atoms with E-state index < -0.39 is 0 Å². The molecule has 1 aromatic rings. The van der Waals surface area contributed by atoms with Gasteiger partial charge < -0.3 is 4.90 Å². The van der Waals surface area contributed by atoms with Gasteiger partial charge in [-0.25, -0.2) is 0 Å². The summed E-state index contributed by atoms with van der Waals surface area (Å²) in [4.78, 5) is 16.0. The van der Waals surface area contributed by atoms with Crippen LogP contribution in [0, 0.1) is 11.3 Å². The molecule has 5 heteroatoms. The van der Waals surface area contributed by atoms with Gasteiger partial charge in [-0.2, -0.15) is 5.26 Å². The standard InChI is InChI=1S/C13H14BrN3O/c1-16-8-9-17(13(18)12(16)6-7-15)11-4-2-10(14)3-5-11/h2-5,12H,6,8-9H2,1H3. The molecule has 94 valence electrons. The average Bonchev–Trinajstić information content (AvgIpc) is 2.36. The van der Waals surface area contributed by atoms with Gasteiger partial charge in [0.05, 0.1) is 12.5 Å². The van der Waals surface area contributed by atoms with Crippen LogP contribution >= 0.6 is 15.9 Å². The second-order valence-electron chi connectivity index (χ2n) is 4.32. The molecule has 1 aliphatic heterocycles. The summed E-state index contributed by atoms with van der Waals surface area (Å²) >= 11 is 3.38. The molecule has 1 aliphatic rings. The van der Waals surface area contributed by atoms with Gasteiger partial charge in [-0.1, -0.05) is 15.9 Å². The van der Waals surface area contributed by atoms with E-state index in [0.717, 1.165) is 16.7 Å². The maximum atomic E-state index is 12.3. The van der Waals surface area contributed by atoms with Gasteiger partial charge in [-0.15, -0.1) is 0 Å². The fraction of sp³-hybridized carbons (Fsp3) is 0.385. The number of hydrogen-bond acceptors (Lipinski definition) is 3. The van der Waals surface area contributed by atoms with Gasteiger partial charge in [0.15, 0.2) is 0 Å². The van der Waals surface area contributed by atoms with E-state index in [1.165, 1.54) is 0 Å². The van der Waals surface area contributed by atoms with Gasteiger partial charge in [0.25, 0.3) is 0 Å². The van der Waals surface area contributed by atoms with Gasteiger partial charge in [0, 0.05) is 23.2 Å². The Kier molecular flexibility index (Phi) is 4.00. The Morgan fingerprint density at radius 2 is 2.06 bits per heavy atom. The lowest BCUT2D eigenvalue weighted by Crippen LogP contribution is -2.55. The number of nitriles is 1. The van der Waals surface area contributed by atoms with Crippen molar-refractivity contribution in [3.8, 4) is 6.07 Å². The number of likely N-dealkylation sites (N-methyl/N-ethyl adjacent to an activating group) is 1. The molecule has 0 spiro atoms. The number of piperazine rings is 1. The summed E-state index contributed by atoms with van der Waals surface area (Å²) in [6, 6.07) is 9.42. The molecule has 0 saturated carbocycles. The molecule has 1 atom stereocenters. The Morgan fingerprint density at radius 1 is 1.39 bits per heavy atom. The van der Waals surface area contributed by atoms with Gasteiger partial charge >= 0.3 is 0 Å². The molecule has 1 fully saturated rings. The first-order valence-electron chi connectivity index (χ1n) is 5.77. The zero-order chi connectivity index (χ0) is 13.1. The summed E-state index contributed by atoms with van der Waals surface area (Å²) in [6.07, 6.45) is 0.238. The zero-order valence-electron chi connectivity index (χ0n) is 10.1. The summed E-state index contributed by atoms with van der Waals surface area (Å²) in [5, 5.41) is 8.79. The minimum atomic E-state index is -0.326. The summed E-state index contributed by atoms with van der Waals surface area (Å²) in [7, 11) is 1.89. The molecule has 1 aromatic carbocycles. The van der Waals surface area contributed by atoms with E-state index in [9.17, 15) is 4.79 Å². The van der Waals surface area contributed by atoms with E-state index in [2.05, 4.69) is 22.0 Å². The first-order valence-corrected chi connectivity index (χ1v) is 6.57. The van der Waals surface area contributed by atoms with Crippen LogP contribution in [0.3, 0.4) is 0 Å². The molecule has 0 aliphatic carbocycles. The molecule has 1 heterocycles. The molecule has 18 heavy (non-hydrogen) atoms. The number of carbonyl (C=O) groups excluding carboxylic acids is 1. The molecule has 1 saturated heterocycles.